The fourth-order valence-corrected chi connectivity index (χ4v) is 5.22. The summed E-state index contributed by atoms with van der Waals surface area (Å²) >= 11 is 0. The van der Waals surface area contributed by atoms with E-state index >= 15 is 0 Å². The van der Waals surface area contributed by atoms with Crippen molar-refractivity contribution in [2.75, 3.05) is 32.7 Å². The van der Waals surface area contributed by atoms with Crippen LogP contribution in [0.1, 0.15) is 29.9 Å². The highest BCUT2D eigenvalue weighted by Gasteiger charge is 2.32. The van der Waals surface area contributed by atoms with E-state index in [0.717, 1.165) is 16.0 Å². The second kappa shape index (κ2) is 8.46. The molecule has 28 heavy (non-hydrogen) atoms. The molecule has 1 aromatic carbocycles. The third kappa shape index (κ3) is 4.63. The minimum atomic E-state index is -3.51. The maximum Gasteiger partial charge on any atom is 0.275 e. The standard InChI is InChI=1S/C20H27N3O4S/c1-15-6-7-16(2)19(13-15)28(25,26)23-10-8-22(9-11-23)14-20(24)21-17(3)18-5-4-12-27-18/h4-7,12-13,17H,8-11,14H2,1-3H3,(H,21,24)/p+1/t17-/m1/s1. The quantitative estimate of drug-likeness (QED) is 0.738. The zero-order valence-electron chi connectivity index (χ0n) is 16.6. The molecular weight excluding hydrogens is 378 g/mol. The molecule has 2 N–H and O–H groups in total. The highest BCUT2D eigenvalue weighted by molar-refractivity contribution is 7.89. The number of rotatable bonds is 6. The van der Waals surface area contributed by atoms with Gasteiger partial charge in [0.25, 0.3) is 5.91 Å². The van der Waals surface area contributed by atoms with Gasteiger partial charge in [-0.05, 0) is 50.1 Å². The van der Waals surface area contributed by atoms with E-state index in [0.29, 0.717) is 43.4 Å². The summed E-state index contributed by atoms with van der Waals surface area (Å²) in [6, 6.07) is 8.92. The van der Waals surface area contributed by atoms with Crippen molar-refractivity contribution in [1.82, 2.24) is 9.62 Å². The van der Waals surface area contributed by atoms with E-state index in [-0.39, 0.29) is 11.9 Å². The second-order valence-corrected chi connectivity index (χ2v) is 9.31. The molecule has 0 unspecified atom stereocenters. The van der Waals surface area contributed by atoms with E-state index in [1.54, 1.807) is 18.4 Å². The molecular formula is C20H28N3O4S+. The lowest BCUT2D eigenvalue weighted by Crippen LogP contribution is -3.15. The highest BCUT2D eigenvalue weighted by atomic mass is 32.2. The molecule has 2 heterocycles. The van der Waals surface area contributed by atoms with Gasteiger partial charge in [0.05, 0.1) is 43.4 Å². The van der Waals surface area contributed by atoms with Crippen LogP contribution < -0.4 is 10.2 Å². The number of hydrogen-bond donors (Lipinski definition) is 2. The lowest BCUT2D eigenvalue weighted by molar-refractivity contribution is -0.895. The minimum absolute atomic E-state index is 0.0651. The first-order valence-electron chi connectivity index (χ1n) is 9.51. The Labute approximate surface area is 166 Å². The van der Waals surface area contributed by atoms with Gasteiger partial charge >= 0.3 is 0 Å². The molecule has 1 atom stereocenters. The lowest BCUT2D eigenvalue weighted by Gasteiger charge is -2.31. The Bertz CT molecular complexity index is 917. The lowest BCUT2D eigenvalue weighted by atomic mass is 10.2. The van der Waals surface area contributed by atoms with E-state index in [2.05, 4.69) is 5.32 Å². The van der Waals surface area contributed by atoms with Gasteiger partial charge in [0.15, 0.2) is 6.54 Å². The van der Waals surface area contributed by atoms with Crippen LogP contribution in [0.3, 0.4) is 0 Å². The number of carbonyl (C=O) groups excluding carboxylic acids is 1. The molecule has 3 rings (SSSR count). The van der Waals surface area contributed by atoms with Gasteiger partial charge in [-0.3, -0.25) is 4.79 Å². The van der Waals surface area contributed by atoms with Crippen molar-refractivity contribution in [3.8, 4) is 0 Å². The molecule has 0 spiro atoms. The maximum absolute atomic E-state index is 13.0. The Hall–Kier alpha value is -2.16. The fraction of sp³-hybridized carbons (Fsp3) is 0.450. The topological polar surface area (TPSA) is 84.1 Å². The van der Waals surface area contributed by atoms with Crippen LogP contribution in [0.15, 0.2) is 45.9 Å². The average molecular weight is 407 g/mol. The van der Waals surface area contributed by atoms with Crippen LogP contribution in [-0.4, -0.2) is 51.4 Å². The number of hydrogen-bond acceptors (Lipinski definition) is 4. The number of furan rings is 1. The van der Waals surface area contributed by atoms with Gasteiger partial charge in [0.1, 0.15) is 5.76 Å². The summed E-state index contributed by atoms with van der Waals surface area (Å²) in [5, 5.41) is 2.93. The molecule has 7 nitrogen and oxygen atoms in total. The zero-order valence-corrected chi connectivity index (χ0v) is 17.4. The smallest absolute Gasteiger partial charge is 0.275 e. The van der Waals surface area contributed by atoms with E-state index in [4.69, 9.17) is 4.42 Å². The predicted octanol–water partition coefficient (Wildman–Crippen LogP) is 0.663. The molecule has 0 radical (unpaired) electrons. The molecule has 1 aromatic heterocycles. The van der Waals surface area contributed by atoms with Crippen molar-refractivity contribution in [3.05, 3.63) is 53.5 Å². The van der Waals surface area contributed by atoms with Gasteiger partial charge < -0.3 is 14.6 Å². The maximum atomic E-state index is 13.0. The number of piperazine rings is 1. The van der Waals surface area contributed by atoms with Crippen molar-refractivity contribution < 1.29 is 22.5 Å². The summed E-state index contributed by atoms with van der Waals surface area (Å²) in [4.78, 5) is 13.7. The molecule has 1 aliphatic heterocycles. The molecule has 8 heteroatoms. The van der Waals surface area contributed by atoms with Crippen LogP contribution in [0.4, 0.5) is 0 Å². The SMILES string of the molecule is Cc1ccc(C)c(S(=O)(=O)N2CC[NH+](CC(=O)N[C@H](C)c3ccco3)CC2)c1. The summed E-state index contributed by atoms with van der Waals surface area (Å²) in [7, 11) is -3.51. The van der Waals surface area contributed by atoms with Crippen LogP contribution in [0.5, 0.6) is 0 Å². The number of carbonyl (C=O) groups is 1. The number of nitrogens with one attached hydrogen (secondary N) is 2. The van der Waals surface area contributed by atoms with Crippen molar-refractivity contribution in [3.63, 3.8) is 0 Å². The van der Waals surface area contributed by atoms with Crippen LogP contribution >= 0.6 is 0 Å². The first-order chi connectivity index (χ1) is 13.3. The summed E-state index contributed by atoms with van der Waals surface area (Å²) in [5.41, 5.74) is 1.68. The van der Waals surface area contributed by atoms with Gasteiger partial charge in [0.2, 0.25) is 10.0 Å². The number of nitrogens with zero attached hydrogens (tertiary/aromatic N) is 1. The average Bonchev–Trinajstić information content (AvgIpc) is 3.19. The largest absolute Gasteiger partial charge is 0.467 e. The van der Waals surface area contributed by atoms with Crippen LogP contribution in [-0.2, 0) is 14.8 Å². The number of quaternary nitrogens is 1. The van der Waals surface area contributed by atoms with Gasteiger partial charge in [-0.1, -0.05) is 12.1 Å². The Kier molecular flexibility index (Phi) is 6.22. The Morgan fingerprint density at radius 2 is 1.96 bits per heavy atom. The van der Waals surface area contributed by atoms with E-state index in [9.17, 15) is 13.2 Å². The molecule has 152 valence electrons. The van der Waals surface area contributed by atoms with Crippen molar-refractivity contribution in [1.29, 1.82) is 0 Å². The molecule has 1 saturated heterocycles. The van der Waals surface area contributed by atoms with Gasteiger partial charge in [-0.2, -0.15) is 4.31 Å². The number of benzene rings is 1. The third-order valence-corrected chi connectivity index (χ3v) is 7.19. The first kappa shape index (κ1) is 20.6. The number of amides is 1. The number of aryl methyl sites for hydroxylation is 2. The van der Waals surface area contributed by atoms with E-state index in [1.807, 2.05) is 39.0 Å². The van der Waals surface area contributed by atoms with Gasteiger partial charge in [-0.15, -0.1) is 0 Å². The predicted molar refractivity (Wildman–Crippen MR) is 106 cm³/mol. The molecule has 1 fully saturated rings. The Morgan fingerprint density at radius 3 is 2.61 bits per heavy atom. The van der Waals surface area contributed by atoms with E-state index in [1.165, 1.54) is 4.31 Å². The van der Waals surface area contributed by atoms with E-state index < -0.39 is 10.0 Å². The summed E-state index contributed by atoms with van der Waals surface area (Å²) in [6.07, 6.45) is 1.58. The fourth-order valence-electron chi connectivity index (χ4n) is 3.47. The number of sulfonamides is 1. The van der Waals surface area contributed by atoms with Crippen LogP contribution in [0, 0.1) is 13.8 Å². The van der Waals surface area contributed by atoms with Gasteiger partial charge in [-0.25, -0.2) is 8.42 Å². The molecule has 0 saturated carbocycles. The van der Waals surface area contributed by atoms with Crippen molar-refractivity contribution >= 4 is 15.9 Å². The van der Waals surface area contributed by atoms with Crippen LogP contribution in [0.25, 0.3) is 0 Å². The van der Waals surface area contributed by atoms with Gasteiger partial charge in [0, 0.05) is 0 Å². The molecule has 1 amide bonds. The minimum Gasteiger partial charge on any atom is -0.467 e. The third-order valence-electron chi connectivity index (χ3n) is 5.15. The molecule has 1 aliphatic rings. The summed E-state index contributed by atoms with van der Waals surface area (Å²) < 4.78 is 32.8. The Morgan fingerprint density at radius 1 is 1.25 bits per heavy atom. The monoisotopic (exact) mass is 406 g/mol. The summed E-state index contributed by atoms with van der Waals surface area (Å²) in [6.45, 7) is 7.93. The molecule has 0 bridgehead atoms. The molecule has 0 aliphatic carbocycles. The zero-order chi connectivity index (χ0) is 20.3. The first-order valence-corrected chi connectivity index (χ1v) is 10.9. The van der Waals surface area contributed by atoms with Crippen molar-refractivity contribution in [2.45, 2.75) is 31.7 Å². The highest BCUT2D eigenvalue weighted by Crippen LogP contribution is 2.21. The molecule has 2 aromatic rings. The Balaban J connectivity index is 1.55. The second-order valence-electron chi connectivity index (χ2n) is 7.40. The van der Waals surface area contributed by atoms with Crippen molar-refractivity contribution in [2.24, 2.45) is 0 Å². The van der Waals surface area contributed by atoms with Crippen LogP contribution in [0.2, 0.25) is 0 Å². The normalized spacial score (nSPS) is 17.4. The summed E-state index contributed by atoms with van der Waals surface area (Å²) in [5.74, 6) is 0.650.